The molecule has 0 aliphatic rings. The van der Waals surface area contributed by atoms with Crippen LogP contribution in [0.4, 0.5) is 0 Å². The summed E-state index contributed by atoms with van der Waals surface area (Å²) < 4.78 is 5.43. The van der Waals surface area contributed by atoms with Gasteiger partial charge in [-0.1, -0.05) is 77.8 Å². The lowest BCUT2D eigenvalue weighted by Crippen LogP contribution is -2.02. The van der Waals surface area contributed by atoms with Crippen LogP contribution in [0.3, 0.4) is 0 Å². The lowest BCUT2D eigenvalue weighted by Gasteiger charge is -2.03. The number of hydrogen-bond donors (Lipinski definition) is 0. The fourth-order valence-corrected chi connectivity index (χ4v) is 4.68. The van der Waals surface area contributed by atoms with Gasteiger partial charge in [-0.3, -0.25) is 0 Å². The van der Waals surface area contributed by atoms with E-state index in [0.717, 1.165) is 22.4 Å². The smallest absolute Gasteiger partial charge is 0.346 e. The average molecular weight is 450 g/mol. The van der Waals surface area contributed by atoms with Crippen molar-refractivity contribution in [3.63, 3.8) is 0 Å². The Hall–Kier alpha value is -2.92. The molecule has 2 aromatic heterocycles. The van der Waals surface area contributed by atoms with Crippen molar-refractivity contribution in [2.24, 2.45) is 0 Å². The Bertz CT molecular complexity index is 1420. The van der Waals surface area contributed by atoms with Gasteiger partial charge in [0.15, 0.2) is 5.58 Å². The van der Waals surface area contributed by atoms with Crippen LogP contribution in [0.1, 0.15) is 0 Å². The van der Waals surface area contributed by atoms with Gasteiger partial charge in [0.05, 0.1) is 16.3 Å². The molecule has 3 aromatic carbocycles. The first kappa shape index (κ1) is 19.1. The molecule has 0 unspecified atom stereocenters. The van der Waals surface area contributed by atoms with Crippen molar-refractivity contribution in [2.75, 3.05) is 0 Å². The second kappa shape index (κ2) is 7.73. The van der Waals surface area contributed by atoms with Crippen molar-refractivity contribution in [1.82, 2.24) is 4.98 Å². The summed E-state index contributed by atoms with van der Waals surface area (Å²) in [5, 5.41) is 3.96. The second-order valence-electron chi connectivity index (χ2n) is 6.73. The molecule has 0 saturated heterocycles. The Labute approximate surface area is 186 Å². The lowest BCUT2D eigenvalue weighted by atomic mass is 10.0. The van der Waals surface area contributed by atoms with Gasteiger partial charge < -0.3 is 4.42 Å². The monoisotopic (exact) mass is 449 g/mol. The molecule has 5 rings (SSSR count). The van der Waals surface area contributed by atoms with E-state index < -0.39 is 5.63 Å². The first-order chi connectivity index (χ1) is 14.6. The Morgan fingerprint density at radius 2 is 1.53 bits per heavy atom. The highest BCUT2D eigenvalue weighted by Gasteiger charge is 2.15. The largest absolute Gasteiger partial charge is 0.421 e. The van der Waals surface area contributed by atoms with E-state index >= 15 is 0 Å². The van der Waals surface area contributed by atoms with E-state index in [4.69, 9.17) is 27.6 Å². The summed E-state index contributed by atoms with van der Waals surface area (Å²) >= 11 is 13.6. The van der Waals surface area contributed by atoms with Crippen LogP contribution in [-0.2, 0) is 0 Å². The Morgan fingerprint density at radius 3 is 2.30 bits per heavy atom. The molecule has 5 aromatic rings. The van der Waals surface area contributed by atoms with Crippen molar-refractivity contribution in [2.45, 2.75) is 0 Å². The van der Waals surface area contributed by atoms with Crippen molar-refractivity contribution >= 4 is 45.5 Å². The van der Waals surface area contributed by atoms with Crippen molar-refractivity contribution < 1.29 is 4.42 Å². The molecule has 0 saturated carbocycles. The highest BCUT2D eigenvalue weighted by atomic mass is 35.5. The topological polar surface area (TPSA) is 43.1 Å². The zero-order valence-electron chi connectivity index (χ0n) is 15.4. The predicted molar refractivity (Wildman–Crippen MR) is 124 cm³/mol. The molecule has 0 N–H and O–H groups in total. The van der Waals surface area contributed by atoms with Gasteiger partial charge in [-0.2, -0.15) is 0 Å². The number of aromatic nitrogens is 1. The molecular weight excluding hydrogens is 437 g/mol. The Kier molecular flexibility index (Phi) is 4.91. The summed E-state index contributed by atoms with van der Waals surface area (Å²) in [5.74, 6) is 0. The van der Waals surface area contributed by atoms with Gasteiger partial charge in [-0.05, 0) is 29.3 Å². The van der Waals surface area contributed by atoms with E-state index in [0.29, 0.717) is 31.6 Å². The van der Waals surface area contributed by atoms with Gasteiger partial charge in [-0.15, -0.1) is 11.3 Å². The number of nitrogens with zero attached hydrogens (tertiary/aromatic N) is 1. The molecule has 0 aliphatic heterocycles. The number of halogens is 2. The first-order valence-corrected chi connectivity index (χ1v) is 10.8. The van der Waals surface area contributed by atoms with Gasteiger partial charge in [-0.25, -0.2) is 9.78 Å². The first-order valence-electron chi connectivity index (χ1n) is 9.13. The van der Waals surface area contributed by atoms with Crippen LogP contribution in [0.5, 0.6) is 0 Å². The Morgan fingerprint density at radius 1 is 0.833 bits per heavy atom. The zero-order valence-corrected chi connectivity index (χ0v) is 17.8. The summed E-state index contributed by atoms with van der Waals surface area (Å²) in [4.78, 5) is 17.2. The minimum absolute atomic E-state index is 0.305. The summed E-state index contributed by atoms with van der Waals surface area (Å²) in [6, 6.07) is 23.4. The SMILES string of the molecule is O=c1oc2c(Cl)cc(Cl)cc2cc1-c1nc(-c2ccc(-c3ccccc3)cc2)cs1. The van der Waals surface area contributed by atoms with Crippen LogP contribution in [0.2, 0.25) is 10.0 Å². The third-order valence-electron chi connectivity index (χ3n) is 4.77. The maximum atomic E-state index is 12.5. The average Bonchev–Trinajstić information content (AvgIpc) is 3.25. The lowest BCUT2D eigenvalue weighted by molar-refractivity contribution is 0.563. The molecule has 0 bridgehead atoms. The van der Waals surface area contributed by atoms with E-state index in [1.807, 2.05) is 35.7 Å². The number of thiazole rings is 1. The van der Waals surface area contributed by atoms with E-state index in [2.05, 4.69) is 29.2 Å². The van der Waals surface area contributed by atoms with E-state index in [9.17, 15) is 4.79 Å². The number of rotatable bonds is 3. The summed E-state index contributed by atoms with van der Waals surface area (Å²) in [6.45, 7) is 0. The number of benzene rings is 3. The van der Waals surface area contributed by atoms with Crippen LogP contribution in [0.15, 0.2) is 87.4 Å². The van der Waals surface area contributed by atoms with Crippen molar-refractivity contribution in [1.29, 1.82) is 0 Å². The normalized spacial score (nSPS) is 11.1. The van der Waals surface area contributed by atoms with Crippen LogP contribution in [-0.4, -0.2) is 4.98 Å². The van der Waals surface area contributed by atoms with E-state index in [1.54, 1.807) is 18.2 Å². The summed E-state index contributed by atoms with van der Waals surface area (Å²) in [7, 11) is 0. The minimum Gasteiger partial charge on any atom is -0.421 e. The molecular formula is C24H13Cl2NO2S. The molecule has 6 heteroatoms. The molecule has 0 radical (unpaired) electrons. The van der Waals surface area contributed by atoms with Crippen LogP contribution in [0, 0.1) is 0 Å². The summed E-state index contributed by atoms with van der Waals surface area (Å²) in [5.41, 5.74) is 4.31. The maximum Gasteiger partial charge on any atom is 0.346 e. The zero-order chi connectivity index (χ0) is 20.7. The van der Waals surface area contributed by atoms with Gasteiger partial charge in [0, 0.05) is 21.4 Å². The van der Waals surface area contributed by atoms with Crippen LogP contribution in [0.25, 0.3) is 43.9 Å². The molecule has 0 aliphatic carbocycles. The third kappa shape index (κ3) is 3.54. The van der Waals surface area contributed by atoms with E-state index in [-0.39, 0.29) is 0 Å². The number of fused-ring (bicyclic) bond motifs is 1. The molecule has 30 heavy (non-hydrogen) atoms. The molecule has 0 atom stereocenters. The minimum atomic E-state index is -0.480. The highest BCUT2D eigenvalue weighted by Crippen LogP contribution is 2.32. The molecule has 0 amide bonds. The number of hydrogen-bond acceptors (Lipinski definition) is 4. The molecule has 0 spiro atoms. The Balaban J connectivity index is 1.51. The fourth-order valence-electron chi connectivity index (χ4n) is 3.30. The van der Waals surface area contributed by atoms with Crippen molar-refractivity contribution in [3.05, 3.63) is 98.6 Å². The van der Waals surface area contributed by atoms with Crippen LogP contribution >= 0.6 is 34.5 Å². The quantitative estimate of drug-likeness (QED) is 0.267. The molecule has 3 nitrogen and oxygen atoms in total. The van der Waals surface area contributed by atoms with Crippen molar-refractivity contribution in [3.8, 4) is 33.0 Å². The highest BCUT2D eigenvalue weighted by molar-refractivity contribution is 7.13. The predicted octanol–water partition coefficient (Wildman–Crippen LogP) is 7.56. The van der Waals surface area contributed by atoms with Gasteiger partial charge in [0.1, 0.15) is 5.01 Å². The second-order valence-corrected chi connectivity index (χ2v) is 8.44. The summed E-state index contributed by atoms with van der Waals surface area (Å²) in [6.07, 6.45) is 0. The maximum absolute atomic E-state index is 12.5. The third-order valence-corrected chi connectivity index (χ3v) is 6.15. The van der Waals surface area contributed by atoms with Gasteiger partial charge in [0.2, 0.25) is 0 Å². The standard InChI is InChI=1S/C24H13Cl2NO2S/c25-18-10-17-11-19(24(28)29-22(17)20(26)12-18)23-27-21(13-30-23)16-8-6-15(7-9-16)14-4-2-1-3-5-14/h1-13H. The molecule has 0 fully saturated rings. The van der Waals surface area contributed by atoms with Gasteiger partial charge in [0.25, 0.3) is 0 Å². The van der Waals surface area contributed by atoms with Crippen LogP contribution < -0.4 is 5.63 Å². The fraction of sp³-hybridized carbons (Fsp3) is 0. The van der Waals surface area contributed by atoms with Gasteiger partial charge >= 0.3 is 5.63 Å². The molecule has 2 heterocycles. The van der Waals surface area contributed by atoms with E-state index in [1.165, 1.54) is 11.3 Å². The molecule has 146 valence electrons.